The summed E-state index contributed by atoms with van der Waals surface area (Å²) in [7, 11) is -1.43. The van der Waals surface area contributed by atoms with Gasteiger partial charge in [0.15, 0.2) is 0 Å². The number of rotatable bonds is 12. The van der Waals surface area contributed by atoms with Crippen molar-refractivity contribution in [1.82, 2.24) is 10.2 Å². The van der Waals surface area contributed by atoms with E-state index in [4.69, 9.17) is 32.7 Å². The lowest BCUT2D eigenvalue weighted by Crippen LogP contribution is -2.53. The van der Waals surface area contributed by atoms with Crippen molar-refractivity contribution in [3.63, 3.8) is 0 Å². The van der Waals surface area contributed by atoms with Crippen molar-refractivity contribution >= 4 is 50.7 Å². The zero-order valence-electron chi connectivity index (χ0n) is 25.9. The van der Waals surface area contributed by atoms with Crippen LogP contribution in [0.15, 0.2) is 65.6 Å². The minimum atomic E-state index is -4.30. The SMILES string of the molecule is COc1ccc(OC)c(N(CC(=O)N(Cc2ccc(Cl)c(Cl)c2)C(C)C(=O)NC2CCCCC2)S(=O)(=O)c2ccc(C)cc2)c1. The Morgan fingerprint density at radius 1 is 0.933 bits per heavy atom. The Kier molecular flexibility index (Phi) is 11.6. The molecule has 3 aromatic rings. The van der Waals surface area contributed by atoms with Crippen LogP contribution in [-0.2, 0) is 26.2 Å². The van der Waals surface area contributed by atoms with Crippen molar-refractivity contribution < 1.29 is 27.5 Å². The fourth-order valence-electron chi connectivity index (χ4n) is 5.33. The van der Waals surface area contributed by atoms with E-state index in [-0.39, 0.29) is 34.8 Å². The van der Waals surface area contributed by atoms with Gasteiger partial charge in [-0.05, 0) is 68.7 Å². The molecule has 1 aliphatic rings. The summed E-state index contributed by atoms with van der Waals surface area (Å²) in [6.07, 6.45) is 4.93. The molecule has 1 unspecified atom stereocenters. The fraction of sp³-hybridized carbons (Fsp3) is 0.394. The summed E-state index contributed by atoms with van der Waals surface area (Å²) >= 11 is 12.4. The molecule has 0 bridgehead atoms. The number of benzene rings is 3. The molecule has 2 amide bonds. The molecule has 1 aliphatic carbocycles. The molecule has 0 radical (unpaired) electrons. The first-order chi connectivity index (χ1) is 21.4. The molecule has 242 valence electrons. The minimum absolute atomic E-state index is 0.00936. The van der Waals surface area contributed by atoms with Gasteiger partial charge in [0.05, 0.1) is 34.8 Å². The van der Waals surface area contributed by atoms with E-state index in [1.807, 2.05) is 6.92 Å². The Bertz CT molecular complexity index is 1610. The maximum Gasteiger partial charge on any atom is 0.264 e. The van der Waals surface area contributed by atoms with E-state index in [0.717, 1.165) is 42.0 Å². The van der Waals surface area contributed by atoms with E-state index < -0.39 is 28.5 Å². The van der Waals surface area contributed by atoms with Crippen LogP contribution in [0.5, 0.6) is 11.5 Å². The first kappa shape index (κ1) is 34.4. The van der Waals surface area contributed by atoms with Gasteiger partial charge in [0.25, 0.3) is 10.0 Å². The van der Waals surface area contributed by atoms with Crippen LogP contribution < -0.4 is 19.1 Å². The molecule has 4 rings (SSSR count). The molecule has 45 heavy (non-hydrogen) atoms. The lowest BCUT2D eigenvalue weighted by molar-refractivity contribution is -0.139. The third kappa shape index (κ3) is 8.42. The largest absolute Gasteiger partial charge is 0.497 e. The van der Waals surface area contributed by atoms with Gasteiger partial charge in [-0.15, -0.1) is 0 Å². The van der Waals surface area contributed by atoms with Gasteiger partial charge in [0, 0.05) is 18.7 Å². The number of hydrogen-bond acceptors (Lipinski definition) is 6. The monoisotopic (exact) mass is 675 g/mol. The Morgan fingerprint density at radius 3 is 2.24 bits per heavy atom. The summed E-state index contributed by atoms with van der Waals surface area (Å²) < 4.78 is 40.4. The molecule has 0 spiro atoms. The Morgan fingerprint density at radius 2 is 1.62 bits per heavy atom. The summed E-state index contributed by atoms with van der Waals surface area (Å²) in [5, 5.41) is 3.74. The van der Waals surface area contributed by atoms with Crippen LogP contribution in [0.1, 0.15) is 50.2 Å². The Hall–Kier alpha value is -3.47. The number of carbonyl (C=O) groups is 2. The van der Waals surface area contributed by atoms with Crippen LogP contribution in [-0.4, -0.2) is 58.0 Å². The number of nitrogens with zero attached hydrogens (tertiary/aromatic N) is 2. The second kappa shape index (κ2) is 15.2. The molecule has 9 nitrogen and oxygen atoms in total. The van der Waals surface area contributed by atoms with Crippen LogP contribution in [0.3, 0.4) is 0 Å². The number of sulfonamides is 1. The van der Waals surface area contributed by atoms with E-state index in [1.54, 1.807) is 49.4 Å². The summed E-state index contributed by atoms with van der Waals surface area (Å²) in [6.45, 7) is 2.85. The summed E-state index contributed by atoms with van der Waals surface area (Å²) in [4.78, 5) is 29.2. The number of nitrogens with one attached hydrogen (secondary N) is 1. The van der Waals surface area contributed by atoms with Gasteiger partial charge in [-0.2, -0.15) is 0 Å². The predicted molar refractivity (Wildman–Crippen MR) is 177 cm³/mol. The molecular formula is C33H39Cl2N3O6S. The highest BCUT2D eigenvalue weighted by Crippen LogP contribution is 2.36. The van der Waals surface area contributed by atoms with Crippen molar-refractivity contribution in [2.24, 2.45) is 0 Å². The van der Waals surface area contributed by atoms with Crippen molar-refractivity contribution in [3.05, 3.63) is 81.8 Å². The molecule has 0 saturated heterocycles. The van der Waals surface area contributed by atoms with Crippen LogP contribution >= 0.6 is 23.2 Å². The van der Waals surface area contributed by atoms with Crippen molar-refractivity contribution in [3.8, 4) is 11.5 Å². The Balaban J connectivity index is 1.76. The number of carbonyl (C=O) groups excluding carboxylic acids is 2. The number of amides is 2. The average molecular weight is 677 g/mol. The van der Waals surface area contributed by atoms with E-state index in [9.17, 15) is 18.0 Å². The molecule has 0 heterocycles. The average Bonchev–Trinajstić information content (AvgIpc) is 3.04. The molecule has 1 saturated carbocycles. The second-order valence-corrected chi connectivity index (χ2v) is 13.8. The normalized spacial score (nSPS) is 14.4. The van der Waals surface area contributed by atoms with E-state index >= 15 is 0 Å². The maximum atomic E-state index is 14.3. The number of halogens is 2. The molecule has 3 aromatic carbocycles. The van der Waals surface area contributed by atoms with Crippen LogP contribution in [0, 0.1) is 6.92 Å². The van der Waals surface area contributed by atoms with Gasteiger partial charge in [-0.1, -0.05) is 66.2 Å². The zero-order valence-corrected chi connectivity index (χ0v) is 28.2. The zero-order chi connectivity index (χ0) is 32.7. The van der Waals surface area contributed by atoms with Crippen LogP contribution in [0.25, 0.3) is 0 Å². The lowest BCUT2D eigenvalue weighted by atomic mass is 9.95. The number of aryl methyl sites for hydroxylation is 1. The van der Waals surface area contributed by atoms with E-state index in [0.29, 0.717) is 21.4 Å². The van der Waals surface area contributed by atoms with Gasteiger partial charge in [-0.3, -0.25) is 13.9 Å². The Labute approximate surface area is 275 Å². The maximum absolute atomic E-state index is 14.3. The predicted octanol–water partition coefficient (Wildman–Crippen LogP) is 6.38. The highest BCUT2D eigenvalue weighted by atomic mass is 35.5. The highest BCUT2D eigenvalue weighted by Gasteiger charge is 2.34. The van der Waals surface area contributed by atoms with Gasteiger partial charge >= 0.3 is 0 Å². The molecular weight excluding hydrogens is 637 g/mol. The highest BCUT2D eigenvalue weighted by molar-refractivity contribution is 7.92. The van der Waals surface area contributed by atoms with Gasteiger partial charge < -0.3 is 19.7 Å². The lowest BCUT2D eigenvalue weighted by Gasteiger charge is -2.33. The topological polar surface area (TPSA) is 105 Å². The first-order valence-corrected chi connectivity index (χ1v) is 17.0. The fourth-order valence-corrected chi connectivity index (χ4v) is 7.07. The van der Waals surface area contributed by atoms with Crippen molar-refractivity contribution in [1.29, 1.82) is 0 Å². The minimum Gasteiger partial charge on any atom is -0.497 e. The molecule has 1 fully saturated rings. The quantitative estimate of drug-likeness (QED) is 0.239. The number of methoxy groups -OCH3 is 2. The number of hydrogen-bond donors (Lipinski definition) is 1. The molecule has 1 atom stereocenters. The summed E-state index contributed by atoms with van der Waals surface area (Å²) in [5.74, 6) is -0.330. The molecule has 0 aliphatic heterocycles. The molecule has 1 N–H and O–H groups in total. The van der Waals surface area contributed by atoms with Gasteiger partial charge in [0.2, 0.25) is 11.8 Å². The van der Waals surface area contributed by atoms with Crippen molar-refractivity contribution in [2.45, 2.75) is 69.5 Å². The summed E-state index contributed by atoms with van der Waals surface area (Å²) in [5.41, 5.74) is 1.61. The van der Waals surface area contributed by atoms with Crippen LogP contribution in [0.2, 0.25) is 10.0 Å². The second-order valence-electron chi connectivity index (χ2n) is 11.2. The molecule has 0 aromatic heterocycles. The first-order valence-electron chi connectivity index (χ1n) is 14.8. The van der Waals surface area contributed by atoms with Gasteiger partial charge in [-0.25, -0.2) is 8.42 Å². The number of anilines is 1. The standard InChI is InChI=1S/C33H39Cl2N3O6S/c1-22-10-14-27(15-11-22)45(41,42)38(30-19-26(43-3)13-17-31(30)44-4)21-32(39)37(20-24-12-16-28(34)29(35)18-24)23(2)33(40)36-25-8-6-5-7-9-25/h10-19,23,25H,5-9,20-21H2,1-4H3,(H,36,40). The molecule has 12 heteroatoms. The van der Waals surface area contributed by atoms with Crippen LogP contribution in [0.4, 0.5) is 5.69 Å². The van der Waals surface area contributed by atoms with E-state index in [2.05, 4.69) is 5.32 Å². The van der Waals surface area contributed by atoms with E-state index in [1.165, 1.54) is 37.3 Å². The number of ether oxygens (including phenoxy) is 2. The third-order valence-electron chi connectivity index (χ3n) is 8.00. The summed E-state index contributed by atoms with van der Waals surface area (Å²) in [6, 6.07) is 15.1. The smallest absolute Gasteiger partial charge is 0.264 e. The van der Waals surface area contributed by atoms with Crippen molar-refractivity contribution in [2.75, 3.05) is 25.1 Å². The third-order valence-corrected chi connectivity index (χ3v) is 10.5. The van der Waals surface area contributed by atoms with Gasteiger partial charge in [0.1, 0.15) is 24.1 Å².